The fourth-order valence-corrected chi connectivity index (χ4v) is 4.47. The Kier molecular flexibility index (Phi) is 7.93. The van der Waals surface area contributed by atoms with Gasteiger partial charge in [-0.2, -0.15) is 0 Å². The first-order chi connectivity index (χ1) is 14.7. The number of nitrogens with one attached hydrogen (secondary N) is 2. The molecule has 7 heteroatoms. The standard InChI is InChI=1S/C24H29N3O3.ClH/c1-30-21(28)10-8-19-7-9-20-23(22(19)18-5-3-2-4-6-18)27(24(29)26-20)16-13-17-11-14-25-15-12-17;/h2-7,9,17,25H,8,10-16H2,1H3,(H,26,29);1H. The minimum Gasteiger partial charge on any atom is -0.469 e. The molecular weight excluding hydrogens is 414 g/mol. The number of aryl methyl sites for hydroxylation is 2. The molecule has 6 nitrogen and oxygen atoms in total. The molecule has 0 aliphatic carbocycles. The van der Waals surface area contributed by atoms with Gasteiger partial charge in [0.15, 0.2) is 0 Å². The van der Waals surface area contributed by atoms with Crippen LogP contribution in [0.25, 0.3) is 22.2 Å². The maximum absolute atomic E-state index is 12.8. The molecule has 0 saturated carbocycles. The molecule has 1 aliphatic rings. The Hall–Kier alpha value is -2.57. The number of piperidine rings is 1. The van der Waals surface area contributed by atoms with Crippen molar-refractivity contribution in [1.29, 1.82) is 0 Å². The van der Waals surface area contributed by atoms with Gasteiger partial charge in [0, 0.05) is 18.5 Å². The van der Waals surface area contributed by atoms with Gasteiger partial charge in [-0.15, -0.1) is 12.4 Å². The van der Waals surface area contributed by atoms with E-state index < -0.39 is 0 Å². The molecule has 1 aromatic heterocycles. The van der Waals surface area contributed by atoms with E-state index in [9.17, 15) is 9.59 Å². The lowest BCUT2D eigenvalue weighted by Gasteiger charge is -2.22. The van der Waals surface area contributed by atoms with Crippen LogP contribution in [0, 0.1) is 5.92 Å². The molecule has 1 aliphatic heterocycles. The topological polar surface area (TPSA) is 76.1 Å². The van der Waals surface area contributed by atoms with Crippen LogP contribution in [0.15, 0.2) is 47.3 Å². The lowest BCUT2D eigenvalue weighted by Crippen LogP contribution is -2.29. The van der Waals surface area contributed by atoms with Crippen LogP contribution in [0.4, 0.5) is 0 Å². The molecule has 0 radical (unpaired) electrons. The van der Waals surface area contributed by atoms with Crippen LogP contribution in [0.2, 0.25) is 0 Å². The summed E-state index contributed by atoms with van der Waals surface area (Å²) < 4.78 is 6.72. The third-order valence-corrected chi connectivity index (χ3v) is 6.13. The number of ether oxygens (including phenoxy) is 1. The van der Waals surface area contributed by atoms with Crippen molar-refractivity contribution in [3.8, 4) is 11.1 Å². The van der Waals surface area contributed by atoms with Crippen LogP contribution in [0.3, 0.4) is 0 Å². The zero-order valence-corrected chi connectivity index (χ0v) is 18.7. The molecule has 0 spiro atoms. The van der Waals surface area contributed by atoms with E-state index in [1.807, 2.05) is 34.9 Å². The Labute approximate surface area is 188 Å². The number of aromatic amines is 1. The predicted molar refractivity (Wildman–Crippen MR) is 126 cm³/mol. The van der Waals surface area contributed by atoms with Crippen molar-refractivity contribution in [2.75, 3.05) is 20.2 Å². The summed E-state index contributed by atoms with van der Waals surface area (Å²) in [6.07, 6.45) is 4.20. The largest absolute Gasteiger partial charge is 0.469 e. The molecule has 2 heterocycles. The van der Waals surface area contributed by atoms with Gasteiger partial charge in [-0.3, -0.25) is 9.36 Å². The van der Waals surface area contributed by atoms with Crippen LogP contribution in [0.5, 0.6) is 0 Å². The number of imidazole rings is 1. The number of fused-ring (bicyclic) bond motifs is 1. The summed E-state index contributed by atoms with van der Waals surface area (Å²) in [7, 11) is 1.41. The van der Waals surface area contributed by atoms with Crippen LogP contribution in [-0.2, 0) is 22.5 Å². The first-order valence-corrected chi connectivity index (χ1v) is 10.7. The molecule has 166 valence electrons. The normalized spacial score (nSPS) is 14.4. The van der Waals surface area contributed by atoms with Crippen molar-refractivity contribution < 1.29 is 9.53 Å². The summed E-state index contributed by atoms with van der Waals surface area (Å²) in [6.45, 7) is 2.81. The summed E-state index contributed by atoms with van der Waals surface area (Å²) in [4.78, 5) is 27.6. The third-order valence-electron chi connectivity index (χ3n) is 6.13. The summed E-state index contributed by atoms with van der Waals surface area (Å²) in [5.74, 6) is 0.414. The molecule has 2 aromatic carbocycles. The highest BCUT2D eigenvalue weighted by Crippen LogP contribution is 2.32. The summed E-state index contributed by atoms with van der Waals surface area (Å²) in [6, 6.07) is 14.1. The zero-order chi connectivity index (χ0) is 20.9. The zero-order valence-electron chi connectivity index (χ0n) is 17.9. The number of hydrogen-bond donors (Lipinski definition) is 2. The average Bonchev–Trinajstić information content (AvgIpc) is 3.11. The van der Waals surface area contributed by atoms with Gasteiger partial charge in [-0.05, 0) is 61.9 Å². The van der Waals surface area contributed by atoms with Gasteiger partial charge in [0.2, 0.25) is 0 Å². The molecule has 0 unspecified atom stereocenters. The van der Waals surface area contributed by atoms with Crippen molar-refractivity contribution in [1.82, 2.24) is 14.9 Å². The number of H-pyrrole nitrogens is 1. The smallest absolute Gasteiger partial charge is 0.326 e. The lowest BCUT2D eigenvalue weighted by molar-refractivity contribution is -0.140. The maximum Gasteiger partial charge on any atom is 0.326 e. The molecule has 3 aromatic rings. The number of benzene rings is 2. The monoisotopic (exact) mass is 443 g/mol. The second kappa shape index (κ2) is 10.6. The second-order valence-electron chi connectivity index (χ2n) is 8.00. The molecule has 0 amide bonds. The second-order valence-corrected chi connectivity index (χ2v) is 8.00. The van der Waals surface area contributed by atoms with Gasteiger partial charge in [-0.25, -0.2) is 4.79 Å². The first-order valence-electron chi connectivity index (χ1n) is 10.7. The Morgan fingerprint density at radius 3 is 2.58 bits per heavy atom. The van der Waals surface area contributed by atoms with Gasteiger partial charge in [-0.1, -0.05) is 36.4 Å². The van der Waals surface area contributed by atoms with Gasteiger partial charge in [0.1, 0.15) is 0 Å². The summed E-state index contributed by atoms with van der Waals surface area (Å²) in [5.41, 5.74) is 4.83. The van der Waals surface area contributed by atoms with Gasteiger partial charge in [0.25, 0.3) is 0 Å². The van der Waals surface area contributed by atoms with E-state index in [1.165, 1.54) is 7.11 Å². The van der Waals surface area contributed by atoms with E-state index in [2.05, 4.69) is 22.4 Å². The number of aromatic nitrogens is 2. The van der Waals surface area contributed by atoms with Crippen molar-refractivity contribution in [3.05, 3.63) is 58.5 Å². The Morgan fingerprint density at radius 2 is 1.87 bits per heavy atom. The minimum atomic E-state index is -0.230. The number of rotatable bonds is 7. The van der Waals surface area contributed by atoms with E-state index >= 15 is 0 Å². The van der Waals surface area contributed by atoms with Crippen molar-refractivity contribution in [3.63, 3.8) is 0 Å². The number of halogens is 1. The fraction of sp³-hybridized carbons (Fsp3) is 0.417. The van der Waals surface area contributed by atoms with E-state index in [4.69, 9.17) is 4.74 Å². The van der Waals surface area contributed by atoms with Crippen molar-refractivity contribution in [2.24, 2.45) is 5.92 Å². The summed E-state index contributed by atoms with van der Waals surface area (Å²) in [5, 5.41) is 3.40. The Bertz CT molecular complexity index is 1070. The number of methoxy groups -OCH3 is 1. The van der Waals surface area contributed by atoms with Crippen LogP contribution >= 0.6 is 12.4 Å². The summed E-state index contributed by atoms with van der Waals surface area (Å²) >= 11 is 0. The van der Waals surface area contributed by atoms with Gasteiger partial charge < -0.3 is 15.0 Å². The fourth-order valence-electron chi connectivity index (χ4n) is 4.47. The van der Waals surface area contributed by atoms with E-state index in [0.29, 0.717) is 25.3 Å². The van der Waals surface area contributed by atoms with Crippen molar-refractivity contribution >= 4 is 29.4 Å². The van der Waals surface area contributed by atoms with Crippen LogP contribution in [0.1, 0.15) is 31.2 Å². The first kappa shape index (κ1) is 23.1. The molecule has 4 rings (SSSR count). The predicted octanol–water partition coefficient (Wildman–Crippen LogP) is 3.91. The van der Waals surface area contributed by atoms with Gasteiger partial charge in [0.05, 0.1) is 18.1 Å². The Balaban J connectivity index is 0.00000272. The number of esters is 1. The molecule has 1 saturated heterocycles. The van der Waals surface area contributed by atoms with Crippen molar-refractivity contribution in [2.45, 2.75) is 38.6 Å². The van der Waals surface area contributed by atoms with E-state index in [-0.39, 0.29) is 24.1 Å². The molecule has 31 heavy (non-hydrogen) atoms. The number of carbonyl (C=O) groups is 1. The molecule has 0 atom stereocenters. The minimum absolute atomic E-state index is 0. The SMILES string of the molecule is COC(=O)CCc1ccc2[nH]c(=O)n(CCC3CCNCC3)c2c1-c1ccccc1.Cl. The Morgan fingerprint density at radius 1 is 1.13 bits per heavy atom. The molecular formula is C24H30ClN3O3. The average molecular weight is 444 g/mol. The van der Waals surface area contributed by atoms with Crippen LogP contribution < -0.4 is 11.0 Å². The highest BCUT2D eigenvalue weighted by atomic mass is 35.5. The molecule has 0 bridgehead atoms. The lowest BCUT2D eigenvalue weighted by atomic mass is 9.93. The van der Waals surface area contributed by atoms with E-state index in [1.54, 1.807) is 0 Å². The van der Waals surface area contributed by atoms with Crippen LogP contribution in [-0.4, -0.2) is 35.7 Å². The third kappa shape index (κ3) is 5.20. The quantitative estimate of drug-likeness (QED) is 0.543. The molecule has 1 fully saturated rings. The van der Waals surface area contributed by atoms with Gasteiger partial charge >= 0.3 is 11.7 Å². The number of hydrogen-bond acceptors (Lipinski definition) is 4. The maximum atomic E-state index is 12.8. The number of nitrogens with zero attached hydrogens (tertiary/aromatic N) is 1. The molecule has 2 N–H and O–H groups in total. The highest BCUT2D eigenvalue weighted by Gasteiger charge is 2.19. The van der Waals surface area contributed by atoms with E-state index in [0.717, 1.165) is 60.1 Å². The number of carbonyl (C=O) groups excluding carboxylic acids is 1. The highest BCUT2D eigenvalue weighted by molar-refractivity contribution is 5.94.